The fourth-order valence-electron chi connectivity index (χ4n) is 2.43. The molecule has 1 fully saturated rings. The molecular weight excluding hydrogens is 257 g/mol. The molecule has 0 radical (unpaired) electrons. The second kappa shape index (κ2) is 5.90. The lowest BCUT2D eigenvalue weighted by Crippen LogP contribution is -2.36. The van der Waals surface area contributed by atoms with Crippen molar-refractivity contribution in [3.63, 3.8) is 0 Å². The summed E-state index contributed by atoms with van der Waals surface area (Å²) in [6.45, 7) is 1.34. The molecule has 1 atom stereocenters. The van der Waals surface area contributed by atoms with Crippen LogP contribution in [0, 0.1) is 5.92 Å². The fourth-order valence-corrected chi connectivity index (χ4v) is 2.43. The molecule has 1 unspecified atom stereocenters. The van der Waals surface area contributed by atoms with E-state index in [2.05, 4.69) is 5.43 Å². The summed E-state index contributed by atoms with van der Waals surface area (Å²) in [5.74, 6) is 5.83. The first kappa shape index (κ1) is 14.3. The third kappa shape index (κ3) is 3.46. The van der Waals surface area contributed by atoms with Crippen LogP contribution in [-0.2, 0) is 10.9 Å². The van der Waals surface area contributed by atoms with Gasteiger partial charge in [0.15, 0.2) is 0 Å². The van der Waals surface area contributed by atoms with Gasteiger partial charge in [0, 0.05) is 19.3 Å². The number of nitrogens with two attached hydrogens (primary N) is 1. The molecule has 0 amide bonds. The molecule has 1 aliphatic rings. The summed E-state index contributed by atoms with van der Waals surface area (Å²) in [6, 6.07) is 5.04. The van der Waals surface area contributed by atoms with Crippen LogP contribution in [0.25, 0.3) is 0 Å². The quantitative estimate of drug-likeness (QED) is 0.658. The summed E-state index contributed by atoms with van der Waals surface area (Å²) in [4.78, 5) is 0. The lowest BCUT2D eigenvalue weighted by atomic mass is 9.87. The van der Waals surface area contributed by atoms with Crippen molar-refractivity contribution >= 4 is 0 Å². The highest BCUT2D eigenvalue weighted by Crippen LogP contribution is 2.33. The van der Waals surface area contributed by atoms with Crippen LogP contribution >= 0.6 is 0 Å². The minimum atomic E-state index is -4.30. The van der Waals surface area contributed by atoms with Crippen molar-refractivity contribution in [2.24, 2.45) is 11.8 Å². The Kier molecular flexibility index (Phi) is 4.44. The van der Waals surface area contributed by atoms with Crippen molar-refractivity contribution in [3.05, 3.63) is 35.4 Å². The van der Waals surface area contributed by atoms with Gasteiger partial charge in [0.2, 0.25) is 0 Å². The average molecular weight is 274 g/mol. The van der Waals surface area contributed by atoms with Gasteiger partial charge in [0.1, 0.15) is 0 Å². The van der Waals surface area contributed by atoms with Crippen molar-refractivity contribution < 1.29 is 17.9 Å². The molecule has 6 heteroatoms. The number of hydrogen-bond donors (Lipinski definition) is 2. The summed E-state index contributed by atoms with van der Waals surface area (Å²) in [5, 5.41) is 0. The van der Waals surface area contributed by atoms with E-state index < -0.39 is 11.7 Å². The number of rotatable bonds is 3. The fraction of sp³-hybridized carbons (Fsp3) is 0.538. The normalized spacial score (nSPS) is 19.4. The molecule has 0 bridgehead atoms. The molecule has 0 spiro atoms. The standard InChI is InChI=1S/C13H17F3N2O/c14-13(15,16)11-3-1-9(2-4-11)12(18-17)10-5-7-19-8-6-10/h1-4,10,12,18H,5-8,17H2. The minimum Gasteiger partial charge on any atom is -0.381 e. The molecule has 106 valence electrons. The van der Waals surface area contributed by atoms with E-state index in [1.165, 1.54) is 12.1 Å². The first-order valence-electron chi connectivity index (χ1n) is 6.23. The largest absolute Gasteiger partial charge is 0.416 e. The van der Waals surface area contributed by atoms with Gasteiger partial charge in [-0.1, -0.05) is 12.1 Å². The number of benzene rings is 1. The van der Waals surface area contributed by atoms with Gasteiger partial charge in [0.25, 0.3) is 0 Å². The van der Waals surface area contributed by atoms with Crippen LogP contribution in [0.5, 0.6) is 0 Å². The van der Waals surface area contributed by atoms with Gasteiger partial charge >= 0.3 is 6.18 Å². The van der Waals surface area contributed by atoms with Gasteiger partial charge < -0.3 is 4.74 Å². The Morgan fingerprint density at radius 1 is 1.16 bits per heavy atom. The monoisotopic (exact) mass is 274 g/mol. The maximum atomic E-state index is 12.5. The van der Waals surface area contributed by atoms with E-state index in [1.54, 1.807) is 0 Å². The van der Waals surface area contributed by atoms with Crippen LogP contribution in [0.1, 0.15) is 30.0 Å². The lowest BCUT2D eigenvalue weighted by Gasteiger charge is -2.30. The summed E-state index contributed by atoms with van der Waals surface area (Å²) in [6.07, 6.45) is -2.59. The van der Waals surface area contributed by atoms with Crippen LogP contribution in [0.2, 0.25) is 0 Å². The van der Waals surface area contributed by atoms with Gasteiger partial charge in [-0.25, -0.2) is 0 Å². The topological polar surface area (TPSA) is 47.3 Å². The second-order valence-electron chi connectivity index (χ2n) is 4.71. The summed E-state index contributed by atoms with van der Waals surface area (Å²) < 4.78 is 42.8. The van der Waals surface area contributed by atoms with Crippen molar-refractivity contribution in [1.29, 1.82) is 0 Å². The first-order chi connectivity index (χ1) is 9.02. The minimum absolute atomic E-state index is 0.133. The van der Waals surface area contributed by atoms with Crippen LogP contribution < -0.4 is 11.3 Å². The zero-order valence-corrected chi connectivity index (χ0v) is 10.4. The van der Waals surface area contributed by atoms with Gasteiger partial charge in [0.05, 0.1) is 5.56 Å². The van der Waals surface area contributed by atoms with E-state index in [4.69, 9.17) is 10.6 Å². The Balaban J connectivity index is 2.14. The molecule has 2 rings (SSSR count). The molecule has 0 aromatic heterocycles. The Morgan fingerprint density at radius 2 is 1.74 bits per heavy atom. The van der Waals surface area contributed by atoms with E-state index in [1.807, 2.05) is 0 Å². The molecule has 3 N–H and O–H groups in total. The molecule has 1 aliphatic heterocycles. The predicted octanol–water partition coefficient (Wildman–Crippen LogP) is 2.64. The second-order valence-corrected chi connectivity index (χ2v) is 4.71. The Labute approximate surface area is 109 Å². The zero-order valence-electron chi connectivity index (χ0n) is 10.4. The Morgan fingerprint density at radius 3 is 2.21 bits per heavy atom. The van der Waals surface area contributed by atoms with Crippen molar-refractivity contribution in [2.45, 2.75) is 25.1 Å². The van der Waals surface area contributed by atoms with E-state index >= 15 is 0 Å². The van der Waals surface area contributed by atoms with Gasteiger partial charge in [-0.3, -0.25) is 11.3 Å². The third-order valence-corrected chi connectivity index (χ3v) is 3.51. The van der Waals surface area contributed by atoms with Crippen LogP contribution in [0.3, 0.4) is 0 Å². The molecule has 3 nitrogen and oxygen atoms in total. The Hall–Kier alpha value is -1.11. The lowest BCUT2D eigenvalue weighted by molar-refractivity contribution is -0.137. The number of hydrogen-bond acceptors (Lipinski definition) is 3. The molecule has 0 saturated carbocycles. The molecule has 1 aromatic carbocycles. The molecule has 1 saturated heterocycles. The number of ether oxygens (including phenoxy) is 1. The third-order valence-electron chi connectivity index (χ3n) is 3.51. The van der Waals surface area contributed by atoms with E-state index in [-0.39, 0.29) is 12.0 Å². The van der Waals surface area contributed by atoms with Gasteiger partial charge in [-0.05, 0) is 36.5 Å². The number of halogens is 3. The molecule has 1 heterocycles. The van der Waals surface area contributed by atoms with E-state index in [0.29, 0.717) is 13.2 Å². The highest BCUT2D eigenvalue weighted by atomic mass is 19.4. The van der Waals surface area contributed by atoms with Gasteiger partial charge in [-0.15, -0.1) is 0 Å². The molecule has 0 aliphatic carbocycles. The number of alkyl halides is 3. The summed E-state index contributed by atoms with van der Waals surface area (Å²) >= 11 is 0. The maximum absolute atomic E-state index is 12.5. The highest BCUT2D eigenvalue weighted by Gasteiger charge is 2.31. The maximum Gasteiger partial charge on any atom is 0.416 e. The van der Waals surface area contributed by atoms with Crippen molar-refractivity contribution in [1.82, 2.24) is 5.43 Å². The van der Waals surface area contributed by atoms with Crippen LogP contribution in [0.15, 0.2) is 24.3 Å². The van der Waals surface area contributed by atoms with Crippen LogP contribution in [0.4, 0.5) is 13.2 Å². The molecule has 1 aromatic rings. The number of hydrazine groups is 1. The zero-order chi connectivity index (χ0) is 13.9. The van der Waals surface area contributed by atoms with Gasteiger partial charge in [-0.2, -0.15) is 13.2 Å². The van der Waals surface area contributed by atoms with E-state index in [0.717, 1.165) is 30.5 Å². The smallest absolute Gasteiger partial charge is 0.381 e. The summed E-state index contributed by atoms with van der Waals surface area (Å²) in [7, 11) is 0. The number of nitrogens with one attached hydrogen (secondary N) is 1. The van der Waals surface area contributed by atoms with Crippen LogP contribution in [-0.4, -0.2) is 13.2 Å². The molecular formula is C13H17F3N2O. The summed E-state index contributed by atoms with van der Waals surface area (Å²) in [5.41, 5.74) is 2.85. The van der Waals surface area contributed by atoms with Crippen molar-refractivity contribution in [3.8, 4) is 0 Å². The Bertz CT molecular complexity index is 399. The van der Waals surface area contributed by atoms with E-state index in [9.17, 15) is 13.2 Å². The van der Waals surface area contributed by atoms with Crippen molar-refractivity contribution in [2.75, 3.05) is 13.2 Å². The average Bonchev–Trinajstić information content (AvgIpc) is 2.40. The molecule has 19 heavy (non-hydrogen) atoms. The predicted molar refractivity (Wildman–Crippen MR) is 65.1 cm³/mol. The SMILES string of the molecule is NNC(c1ccc(C(F)(F)F)cc1)C1CCOCC1. The first-order valence-corrected chi connectivity index (χ1v) is 6.23. The highest BCUT2D eigenvalue weighted by molar-refractivity contribution is 5.27.